The minimum absolute atomic E-state index is 0.119. The largest absolute Gasteiger partial charge is 0.447 e. The molecule has 6 aromatic rings. The molecule has 388 valence electrons. The number of carbonyl (C=O) groups excluding carboxylic acids is 2. The predicted molar refractivity (Wildman–Crippen MR) is 286 cm³/mol. The van der Waals surface area contributed by atoms with Gasteiger partial charge in [-0.25, -0.2) is 19.6 Å². The van der Waals surface area contributed by atoms with E-state index in [9.17, 15) is 19.8 Å². The summed E-state index contributed by atoms with van der Waals surface area (Å²) in [5.41, 5.74) is 9.13. The molecule has 0 bridgehead atoms. The molecule has 6 heterocycles. The topological polar surface area (TPSA) is 167 Å². The number of hydrogen-bond donors (Lipinski definition) is 2. The number of imidazole rings is 2. The van der Waals surface area contributed by atoms with E-state index in [1.54, 1.807) is 48.0 Å². The summed E-state index contributed by atoms with van der Waals surface area (Å²) in [7, 11) is 3.77. The van der Waals surface area contributed by atoms with Gasteiger partial charge in [0.15, 0.2) is 0 Å². The van der Waals surface area contributed by atoms with Crippen molar-refractivity contribution in [2.45, 2.75) is 84.0 Å². The third kappa shape index (κ3) is 10.4. The maximum Gasteiger partial charge on any atom is 0.410 e. The van der Waals surface area contributed by atoms with Crippen LogP contribution in [0, 0.1) is 6.92 Å². The van der Waals surface area contributed by atoms with Gasteiger partial charge in [0.2, 0.25) is 0 Å². The fraction of sp³-hybridized carbons (Fsp3) is 0.404. The number of benzene rings is 2. The number of piperazine rings is 2. The second-order valence-electron chi connectivity index (χ2n) is 20.5. The molecule has 0 spiro atoms. The van der Waals surface area contributed by atoms with Gasteiger partial charge in [-0.15, -0.1) is 0 Å². The number of hydrogen-bond acceptors (Lipinski definition) is 12. The van der Waals surface area contributed by atoms with Gasteiger partial charge in [-0.2, -0.15) is 0 Å². The lowest BCUT2D eigenvalue weighted by Crippen LogP contribution is -2.50. The van der Waals surface area contributed by atoms with Crippen molar-refractivity contribution in [2.24, 2.45) is 14.1 Å². The third-order valence-corrected chi connectivity index (χ3v) is 14.7. The Kier molecular flexibility index (Phi) is 15.0. The highest BCUT2D eigenvalue weighted by Crippen LogP contribution is 2.48. The summed E-state index contributed by atoms with van der Waals surface area (Å²) in [4.78, 5) is 51.4. The van der Waals surface area contributed by atoms with E-state index in [1.165, 1.54) is 0 Å². The molecule has 4 aromatic heterocycles. The highest BCUT2D eigenvalue weighted by molar-refractivity contribution is 6.30. The summed E-state index contributed by atoms with van der Waals surface area (Å²) in [5.74, 6) is 0. The number of fused-ring (bicyclic) bond motifs is 4. The van der Waals surface area contributed by atoms with Crippen LogP contribution in [0.15, 0.2) is 98.1 Å². The third-order valence-electron chi connectivity index (χ3n) is 14.5. The van der Waals surface area contributed by atoms with Gasteiger partial charge in [-0.05, 0) is 129 Å². The fourth-order valence-electron chi connectivity index (χ4n) is 10.8. The molecule has 2 fully saturated rings. The Morgan fingerprint density at radius 2 is 1.05 bits per heavy atom. The predicted octanol–water partition coefficient (Wildman–Crippen LogP) is 8.62. The van der Waals surface area contributed by atoms with Crippen molar-refractivity contribution in [3.8, 4) is 0 Å². The molecule has 2 N–H and O–H groups in total. The van der Waals surface area contributed by atoms with Crippen LogP contribution < -0.4 is 0 Å². The van der Waals surface area contributed by atoms with Gasteiger partial charge in [0.05, 0.1) is 72.1 Å². The number of aryl methyl sites for hydroxylation is 3. The van der Waals surface area contributed by atoms with Crippen molar-refractivity contribution in [1.82, 2.24) is 48.7 Å². The molecule has 10 rings (SSSR count). The number of pyridine rings is 2. The number of rotatable bonds is 8. The molecule has 4 atom stereocenters. The van der Waals surface area contributed by atoms with E-state index in [4.69, 9.17) is 31.0 Å². The van der Waals surface area contributed by atoms with Crippen LogP contribution in [0.25, 0.3) is 23.3 Å². The van der Waals surface area contributed by atoms with Gasteiger partial charge < -0.3 is 38.6 Å². The summed E-state index contributed by atoms with van der Waals surface area (Å²) < 4.78 is 14.5. The molecule has 0 radical (unpaired) electrons. The van der Waals surface area contributed by atoms with Gasteiger partial charge in [-0.1, -0.05) is 53.6 Å². The van der Waals surface area contributed by atoms with E-state index in [-0.39, 0.29) is 36.5 Å². The molecule has 2 saturated heterocycles. The molecule has 2 amide bonds. The van der Waals surface area contributed by atoms with E-state index < -0.39 is 11.2 Å². The number of aromatic nitrogens is 6. The maximum absolute atomic E-state index is 12.5. The number of nitrogens with zero attached hydrogens (tertiary/aromatic N) is 10. The Balaban J connectivity index is 0.000000182. The summed E-state index contributed by atoms with van der Waals surface area (Å²) in [6.45, 7) is 18.1. The van der Waals surface area contributed by atoms with Crippen LogP contribution in [0.4, 0.5) is 9.59 Å². The van der Waals surface area contributed by atoms with E-state index in [2.05, 4.69) is 57.0 Å². The SMILES string of the molecule is CC(C)OC(=O)N1CCN([C@H]2c3ccc(Cl)cc3C([C@@](C)(O)c3cncn3C)=Cc3cccnc32)CC1.Cc1ccc2c(c1)C([C@](C)(O)c1cncn1C)=Cc1cccnc1[C@H]2N1CCN(C(=O)OC(C)C)CC1. The number of aliphatic hydroxyl groups is 2. The molecule has 16 nitrogen and oxygen atoms in total. The second kappa shape index (κ2) is 21.3. The monoisotopic (exact) mass is 1020 g/mol. The van der Waals surface area contributed by atoms with Crippen molar-refractivity contribution in [3.63, 3.8) is 0 Å². The smallest absolute Gasteiger partial charge is 0.410 e. The molecule has 74 heavy (non-hydrogen) atoms. The molecule has 2 aliphatic heterocycles. The van der Waals surface area contributed by atoms with Crippen molar-refractivity contribution >= 4 is 47.1 Å². The van der Waals surface area contributed by atoms with Gasteiger partial charge in [-0.3, -0.25) is 19.8 Å². The standard InChI is InChI=1S/C29H35N5O3.C28H32ClN5O3/c1-19(2)37-28(35)34-13-11-33(12-14-34)27-22-9-8-20(3)15-23(22)24(16-21-7-6-10-31-26(21)27)29(4,36)25-17-30-18-32(25)5;1-18(2)37-27(35)34-12-10-33(11-13-34)26-21-8-7-20(29)15-22(21)23(14-19-6-5-9-31-25(19)26)28(3,36)24-16-30-17-32(24)4/h6-10,15-19,27,36H,11-14H2,1-5H3;5-9,14-18,26,36H,10-13H2,1-4H3/t27-,29-;26-,28+/m00/s1. The first-order valence-electron chi connectivity index (χ1n) is 25.4. The Bertz CT molecular complexity index is 2880. The lowest BCUT2D eigenvalue weighted by atomic mass is 9.83. The van der Waals surface area contributed by atoms with Crippen LogP contribution in [-0.2, 0) is 34.8 Å². The van der Waals surface area contributed by atoms with Gasteiger partial charge in [0.1, 0.15) is 11.2 Å². The summed E-state index contributed by atoms with van der Waals surface area (Å²) in [5, 5.41) is 24.6. The fourth-order valence-corrected chi connectivity index (χ4v) is 11.0. The Morgan fingerprint density at radius 1 is 0.635 bits per heavy atom. The summed E-state index contributed by atoms with van der Waals surface area (Å²) in [6.07, 6.45) is 13.7. The average Bonchev–Trinajstić information content (AvgIpc) is 3.95. The van der Waals surface area contributed by atoms with Gasteiger partial charge >= 0.3 is 12.2 Å². The summed E-state index contributed by atoms with van der Waals surface area (Å²) in [6, 6.07) is 19.9. The lowest BCUT2D eigenvalue weighted by Gasteiger charge is -2.39. The number of amides is 2. The zero-order valence-electron chi connectivity index (χ0n) is 43.7. The van der Waals surface area contributed by atoms with Gasteiger partial charge in [0.25, 0.3) is 0 Å². The van der Waals surface area contributed by atoms with E-state index in [0.29, 0.717) is 68.8 Å². The quantitative estimate of drug-likeness (QED) is 0.149. The normalized spacial score (nSPS) is 19.5. The minimum atomic E-state index is -1.34. The van der Waals surface area contributed by atoms with Crippen molar-refractivity contribution in [3.05, 3.63) is 165 Å². The van der Waals surface area contributed by atoms with Crippen LogP contribution in [0.5, 0.6) is 0 Å². The minimum Gasteiger partial charge on any atom is -0.447 e. The van der Waals surface area contributed by atoms with Crippen molar-refractivity contribution < 1.29 is 29.3 Å². The average molecular weight is 1020 g/mol. The number of carbonyl (C=O) groups is 2. The zero-order chi connectivity index (χ0) is 52.6. The van der Waals surface area contributed by atoms with Crippen LogP contribution >= 0.6 is 11.6 Å². The van der Waals surface area contributed by atoms with Crippen LogP contribution in [0.2, 0.25) is 5.02 Å². The Morgan fingerprint density at radius 3 is 1.46 bits per heavy atom. The first-order chi connectivity index (χ1) is 35.3. The molecular weight excluding hydrogens is 956 g/mol. The molecule has 2 aromatic carbocycles. The summed E-state index contributed by atoms with van der Waals surface area (Å²) >= 11 is 6.53. The zero-order valence-corrected chi connectivity index (χ0v) is 44.5. The maximum atomic E-state index is 12.5. The number of halogens is 1. The molecule has 17 heteroatoms. The second-order valence-corrected chi connectivity index (χ2v) is 21.0. The Hall–Kier alpha value is -6.69. The van der Waals surface area contributed by atoms with Crippen LogP contribution in [0.1, 0.15) is 115 Å². The molecular formula is C57H67ClN10O6. The molecule has 0 unspecified atom stereocenters. The first kappa shape index (κ1) is 52.2. The Labute approximate surface area is 438 Å². The van der Waals surface area contributed by atoms with Gasteiger partial charge in [0, 0.05) is 83.9 Å². The first-order valence-corrected chi connectivity index (χ1v) is 25.7. The van der Waals surface area contributed by atoms with Crippen LogP contribution in [-0.4, -0.2) is 136 Å². The highest BCUT2D eigenvalue weighted by Gasteiger charge is 2.41. The lowest BCUT2D eigenvalue weighted by molar-refractivity contribution is 0.0506. The van der Waals surface area contributed by atoms with E-state index in [0.717, 1.165) is 61.5 Å². The molecule has 4 aliphatic rings. The van der Waals surface area contributed by atoms with Crippen molar-refractivity contribution in [1.29, 1.82) is 0 Å². The van der Waals surface area contributed by atoms with E-state index in [1.807, 2.05) is 107 Å². The van der Waals surface area contributed by atoms with Crippen molar-refractivity contribution in [2.75, 3.05) is 52.4 Å². The molecule has 0 saturated carbocycles. The molecule has 2 aliphatic carbocycles. The van der Waals surface area contributed by atoms with Crippen LogP contribution in [0.3, 0.4) is 0 Å². The van der Waals surface area contributed by atoms with E-state index >= 15 is 0 Å². The highest BCUT2D eigenvalue weighted by atomic mass is 35.5. The number of ether oxygens (including phenoxy) is 2.